The zero-order valence-electron chi connectivity index (χ0n) is 11.5. The highest BCUT2D eigenvalue weighted by atomic mass is 32.1. The molecule has 1 amide bonds. The molecule has 106 valence electrons. The minimum Gasteiger partial charge on any atom is -0.321 e. The summed E-state index contributed by atoms with van der Waals surface area (Å²) in [7, 11) is 0. The summed E-state index contributed by atoms with van der Waals surface area (Å²) in [6, 6.07) is 19.3. The smallest absolute Gasteiger partial charge is 0.255 e. The number of nitrogens with one attached hydrogen (secondary N) is 1. The molecule has 0 fully saturated rings. The number of nitrogens with zero attached hydrogens (tertiary/aromatic N) is 2. The van der Waals surface area contributed by atoms with Crippen LogP contribution in [0.1, 0.15) is 10.4 Å². The first-order valence-electron chi connectivity index (χ1n) is 6.82. The molecule has 0 atom stereocenters. The molecule has 5 heteroatoms. The van der Waals surface area contributed by atoms with Crippen molar-refractivity contribution in [3.8, 4) is 0 Å². The van der Waals surface area contributed by atoms with E-state index in [1.165, 1.54) is 11.5 Å². The Hall–Kier alpha value is -2.79. The van der Waals surface area contributed by atoms with Gasteiger partial charge in [0.25, 0.3) is 5.91 Å². The maximum atomic E-state index is 12.5. The highest BCUT2D eigenvalue weighted by Crippen LogP contribution is 2.24. The standard InChI is InChI=1S/C17H11N3OS/c21-17(12-8-9-16-15(10-12)19-20-22-16)18-14-7-3-5-11-4-1-2-6-13(11)14/h1-10H,(H,18,21). The lowest BCUT2D eigenvalue weighted by atomic mass is 10.1. The Morgan fingerprint density at radius 2 is 1.86 bits per heavy atom. The summed E-state index contributed by atoms with van der Waals surface area (Å²) in [6.07, 6.45) is 0. The minimum atomic E-state index is -0.147. The summed E-state index contributed by atoms with van der Waals surface area (Å²) in [6.45, 7) is 0. The number of carbonyl (C=O) groups excluding carboxylic acids is 1. The molecule has 0 saturated heterocycles. The minimum absolute atomic E-state index is 0.147. The van der Waals surface area contributed by atoms with Crippen LogP contribution >= 0.6 is 11.5 Å². The van der Waals surface area contributed by atoms with Gasteiger partial charge in [-0.05, 0) is 41.2 Å². The number of rotatable bonds is 2. The van der Waals surface area contributed by atoms with Crippen LogP contribution in [0.2, 0.25) is 0 Å². The van der Waals surface area contributed by atoms with Gasteiger partial charge in [0, 0.05) is 16.6 Å². The van der Waals surface area contributed by atoms with Gasteiger partial charge in [0.05, 0.1) is 4.70 Å². The van der Waals surface area contributed by atoms with Crippen LogP contribution in [0.25, 0.3) is 21.0 Å². The Kier molecular flexibility index (Phi) is 3.05. The second-order valence-electron chi connectivity index (χ2n) is 4.94. The first-order chi connectivity index (χ1) is 10.8. The molecule has 0 unspecified atom stereocenters. The number of hydrogen-bond acceptors (Lipinski definition) is 4. The topological polar surface area (TPSA) is 54.9 Å². The van der Waals surface area contributed by atoms with Gasteiger partial charge >= 0.3 is 0 Å². The van der Waals surface area contributed by atoms with E-state index < -0.39 is 0 Å². The average molecular weight is 305 g/mol. The molecule has 3 aromatic carbocycles. The van der Waals surface area contributed by atoms with E-state index in [9.17, 15) is 4.79 Å². The lowest BCUT2D eigenvalue weighted by Crippen LogP contribution is -2.12. The predicted octanol–water partition coefficient (Wildman–Crippen LogP) is 4.10. The highest BCUT2D eigenvalue weighted by Gasteiger charge is 2.10. The number of aromatic nitrogens is 2. The molecule has 0 saturated carbocycles. The SMILES string of the molecule is O=C(Nc1cccc2ccccc12)c1ccc2snnc2c1. The molecule has 1 N–H and O–H groups in total. The van der Waals surface area contributed by atoms with Crippen LogP contribution < -0.4 is 5.32 Å². The summed E-state index contributed by atoms with van der Waals surface area (Å²) in [5, 5.41) is 9.10. The molecule has 4 rings (SSSR count). The van der Waals surface area contributed by atoms with Crippen molar-refractivity contribution in [2.45, 2.75) is 0 Å². The lowest BCUT2D eigenvalue weighted by molar-refractivity contribution is 0.102. The van der Waals surface area contributed by atoms with Crippen LogP contribution in [-0.4, -0.2) is 15.5 Å². The number of amides is 1. The number of fused-ring (bicyclic) bond motifs is 2. The zero-order chi connectivity index (χ0) is 14.9. The molecule has 1 heterocycles. The van der Waals surface area contributed by atoms with Crippen LogP contribution in [0.4, 0.5) is 5.69 Å². The summed E-state index contributed by atoms with van der Waals surface area (Å²) < 4.78 is 4.86. The van der Waals surface area contributed by atoms with E-state index in [-0.39, 0.29) is 5.91 Å². The van der Waals surface area contributed by atoms with Crippen LogP contribution in [0.3, 0.4) is 0 Å². The number of anilines is 1. The van der Waals surface area contributed by atoms with E-state index >= 15 is 0 Å². The Morgan fingerprint density at radius 3 is 2.82 bits per heavy atom. The van der Waals surface area contributed by atoms with Crippen molar-refractivity contribution in [1.29, 1.82) is 0 Å². The molecule has 4 nitrogen and oxygen atoms in total. The fourth-order valence-electron chi connectivity index (χ4n) is 2.45. The molecular formula is C17H11N3OS. The van der Waals surface area contributed by atoms with Gasteiger partial charge in [-0.15, -0.1) is 5.10 Å². The van der Waals surface area contributed by atoms with Crippen LogP contribution in [0.5, 0.6) is 0 Å². The van der Waals surface area contributed by atoms with Crippen molar-refractivity contribution >= 4 is 44.1 Å². The molecule has 0 spiro atoms. The molecular weight excluding hydrogens is 294 g/mol. The van der Waals surface area contributed by atoms with Crippen molar-refractivity contribution < 1.29 is 4.79 Å². The number of hydrogen-bond donors (Lipinski definition) is 1. The molecule has 22 heavy (non-hydrogen) atoms. The fraction of sp³-hybridized carbons (Fsp3) is 0. The largest absolute Gasteiger partial charge is 0.321 e. The fourth-order valence-corrected chi connectivity index (χ4v) is 2.99. The van der Waals surface area contributed by atoms with Crippen LogP contribution in [-0.2, 0) is 0 Å². The van der Waals surface area contributed by atoms with Gasteiger partial charge in [-0.25, -0.2) is 0 Å². The summed E-state index contributed by atoms with van der Waals surface area (Å²) in [5.41, 5.74) is 2.13. The van der Waals surface area contributed by atoms with Gasteiger partial charge in [0.2, 0.25) is 0 Å². The van der Waals surface area contributed by atoms with E-state index in [1.54, 1.807) is 12.1 Å². The van der Waals surface area contributed by atoms with Crippen molar-refractivity contribution in [3.63, 3.8) is 0 Å². The van der Waals surface area contributed by atoms with Crippen molar-refractivity contribution in [3.05, 3.63) is 66.2 Å². The lowest BCUT2D eigenvalue weighted by Gasteiger charge is -2.08. The average Bonchev–Trinajstić information content (AvgIpc) is 3.02. The molecule has 0 aliphatic carbocycles. The Morgan fingerprint density at radius 1 is 1.00 bits per heavy atom. The molecule has 0 aliphatic heterocycles. The quantitative estimate of drug-likeness (QED) is 0.606. The number of carbonyl (C=O) groups is 1. The van der Waals surface area contributed by atoms with Crippen molar-refractivity contribution in [2.75, 3.05) is 5.32 Å². The zero-order valence-corrected chi connectivity index (χ0v) is 12.3. The van der Waals surface area contributed by atoms with Gasteiger partial charge in [-0.2, -0.15) is 0 Å². The Bertz CT molecular complexity index is 988. The third-order valence-corrected chi connectivity index (χ3v) is 4.25. The molecule has 1 aromatic heterocycles. The van der Waals surface area contributed by atoms with E-state index in [2.05, 4.69) is 14.9 Å². The van der Waals surface area contributed by atoms with Gasteiger partial charge in [0.15, 0.2) is 0 Å². The third kappa shape index (κ3) is 2.21. The molecule has 0 aliphatic rings. The summed E-state index contributed by atoms with van der Waals surface area (Å²) >= 11 is 1.32. The molecule has 4 aromatic rings. The second-order valence-corrected chi connectivity index (χ2v) is 5.72. The maximum absolute atomic E-state index is 12.5. The van der Waals surface area contributed by atoms with Gasteiger partial charge in [-0.1, -0.05) is 40.9 Å². The second kappa shape index (κ2) is 5.20. The van der Waals surface area contributed by atoms with E-state index in [1.807, 2.05) is 48.5 Å². The molecule has 0 radical (unpaired) electrons. The van der Waals surface area contributed by atoms with Crippen LogP contribution in [0.15, 0.2) is 60.7 Å². The predicted molar refractivity (Wildman–Crippen MR) is 89.3 cm³/mol. The van der Waals surface area contributed by atoms with Gasteiger partial charge < -0.3 is 5.32 Å². The van der Waals surface area contributed by atoms with Crippen molar-refractivity contribution in [2.24, 2.45) is 0 Å². The van der Waals surface area contributed by atoms with Gasteiger partial charge in [0.1, 0.15) is 5.52 Å². The first-order valence-corrected chi connectivity index (χ1v) is 7.60. The number of benzene rings is 3. The van der Waals surface area contributed by atoms with E-state index in [4.69, 9.17) is 0 Å². The highest BCUT2D eigenvalue weighted by molar-refractivity contribution is 7.12. The maximum Gasteiger partial charge on any atom is 0.255 e. The van der Waals surface area contributed by atoms with Gasteiger partial charge in [-0.3, -0.25) is 4.79 Å². The van der Waals surface area contributed by atoms with E-state index in [0.29, 0.717) is 5.56 Å². The first kappa shape index (κ1) is 12.9. The summed E-state index contributed by atoms with van der Waals surface area (Å²) in [4.78, 5) is 12.5. The van der Waals surface area contributed by atoms with Crippen LogP contribution in [0, 0.1) is 0 Å². The third-order valence-electron chi connectivity index (χ3n) is 3.55. The van der Waals surface area contributed by atoms with Crippen molar-refractivity contribution in [1.82, 2.24) is 9.59 Å². The van der Waals surface area contributed by atoms with E-state index in [0.717, 1.165) is 26.7 Å². The molecule has 0 bridgehead atoms. The Balaban J connectivity index is 1.71. The Labute approximate surface area is 130 Å². The summed E-state index contributed by atoms with van der Waals surface area (Å²) in [5.74, 6) is -0.147. The monoisotopic (exact) mass is 305 g/mol. The normalized spacial score (nSPS) is 10.9.